The Kier molecular flexibility index (Phi) is 2.09. The molecule has 0 saturated heterocycles. The Morgan fingerprint density at radius 1 is 1.11 bits per heavy atom. The van der Waals surface area contributed by atoms with Crippen LogP contribution in [0.3, 0.4) is 0 Å². The van der Waals surface area contributed by atoms with Gasteiger partial charge in [0.25, 0.3) is 0 Å². The van der Waals surface area contributed by atoms with Gasteiger partial charge in [-0.2, -0.15) is 0 Å². The molecule has 1 aliphatic carbocycles. The Balaban J connectivity index is 2.17. The third kappa shape index (κ3) is 1.66. The maximum absolute atomic E-state index is 3.22. The highest BCUT2D eigenvalue weighted by molar-refractivity contribution is 4.95. The average Bonchev–Trinajstić information content (AvgIpc) is 2.51. The maximum atomic E-state index is 3.22. The minimum absolute atomic E-state index is 0.628. The minimum atomic E-state index is 0.628. The third-order valence-corrected chi connectivity index (χ3v) is 2.06. The van der Waals surface area contributed by atoms with Crippen LogP contribution in [-0.4, -0.2) is 27.2 Å². The van der Waals surface area contributed by atoms with Crippen molar-refractivity contribution in [3.63, 3.8) is 0 Å². The van der Waals surface area contributed by atoms with Gasteiger partial charge >= 0.3 is 0 Å². The smallest absolute Gasteiger partial charge is 0.00170 e. The van der Waals surface area contributed by atoms with E-state index in [4.69, 9.17) is 0 Å². The van der Waals surface area contributed by atoms with E-state index in [1.807, 2.05) is 14.1 Å². The van der Waals surface area contributed by atoms with E-state index in [9.17, 15) is 0 Å². The van der Waals surface area contributed by atoms with Crippen molar-refractivity contribution in [2.75, 3.05) is 27.2 Å². The van der Waals surface area contributed by atoms with Crippen LogP contribution < -0.4 is 10.6 Å². The zero-order chi connectivity index (χ0) is 6.74. The first kappa shape index (κ1) is 7.03. The summed E-state index contributed by atoms with van der Waals surface area (Å²) >= 11 is 0. The topological polar surface area (TPSA) is 24.1 Å². The highest BCUT2D eigenvalue weighted by Gasteiger charge is 2.40. The Hall–Kier alpha value is -0.0800. The molecule has 0 atom stereocenters. The predicted molar refractivity (Wildman–Crippen MR) is 39.5 cm³/mol. The number of nitrogens with one attached hydrogen (secondary N) is 2. The van der Waals surface area contributed by atoms with Crippen LogP contribution in [0.25, 0.3) is 0 Å². The van der Waals surface area contributed by atoms with Gasteiger partial charge in [-0.3, -0.25) is 0 Å². The summed E-state index contributed by atoms with van der Waals surface area (Å²) in [4.78, 5) is 0. The molecular formula is C7H16N2. The first-order valence-electron chi connectivity index (χ1n) is 3.62. The van der Waals surface area contributed by atoms with Gasteiger partial charge in [-0.05, 0) is 32.4 Å². The SMILES string of the molecule is CNCC1(CNC)CC1. The Morgan fingerprint density at radius 3 is 1.78 bits per heavy atom. The minimum Gasteiger partial charge on any atom is -0.319 e. The summed E-state index contributed by atoms with van der Waals surface area (Å²) in [6.07, 6.45) is 2.80. The molecule has 0 bridgehead atoms. The van der Waals surface area contributed by atoms with Crippen LogP contribution in [0, 0.1) is 5.41 Å². The van der Waals surface area contributed by atoms with Crippen molar-refractivity contribution in [2.24, 2.45) is 5.41 Å². The maximum Gasteiger partial charge on any atom is 0.00170 e. The predicted octanol–water partition coefficient (Wildman–Crippen LogP) is 0.205. The second-order valence-electron chi connectivity index (χ2n) is 3.06. The zero-order valence-corrected chi connectivity index (χ0v) is 6.33. The van der Waals surface area contributed by atoms with E-state index in [2.05, 4.69) is 10.6 Å². The molecule has 0 heterocycles. The average molecular weight is 128 g/mol. The lowest BCUT2D eigenvalue weighted by atomic mass is 10.1. The van der Waals surface area contributed by atoms with Crippen molar-refractivity contribution in [1.29, 1.82) is 0 Å². The molecule has 2 nitrogen and oxygen atoms in total. The standard InChI is InChI=1S/C7H16N2/c1-8-5-7(3-4-7)6-9-2/h8-9H,3-6H2,1-2H3. The van der Waals surface area contributed by atoms with Crippen molar-refractivity contribution >= 4 is 0 Å². The molecule has 9 heavy (non-hydrogen) atoms. The van der Waals surface area contributed by atoms with E-state index in [1.54, 1.807) is 0 Å². The fourth-order valence-electron chi connectivity index (χ4n) is 1.34. The summed E-state index contributed by atoms with van der Waals surface area (Å²) in [6.45, 7) is 2.35. The van der Waals surface area contributed by atoms with Crippen LogP contribution in [0.4, 0.5) is 0 Å². The summed E-state index contributed by atoms with van der Waals surface area (Å²) in [5.74, 6) is 0. The third-order valence-electron chi connectivity index (χ3n) is 2.06. The summed E-state index contributed by atoms with van der Waals surface area (Å²) in [5.41, 5.74) is 0.628. The van der Waals surface area contributed by atoms with E-state index < -0.39 is 0 Å². The summed E-state index contributed by atoms with van der Waals surface area (Å²) in [6, 6.07) is 0. The molecule has 0 aromatic carbocycles. The van der Waals surface area contributed by atoms with E-state index in [1.165, 1.54) is 25.9 Å². The largest absolute Gasteiger partial charge is 0.319 e. The van der Waals surface area contributed by atoms with Gasteiger partial charge in [0.15, 0.2) is 0 Å². The van der Waals surface area contributed by atoms with Gasteiger partial charge < -0.3 is 10.6 Å². The molecule has 1 fully saturated rings. The number of rotatable bonds is 4. The van der Waals surface area contributed by atoms with E-state index in [-0.39, 0.29) is 0 Å². The van der Waals surface area contributed by atoms with Crippen LogP contribution in [0.1, 0.15) is 12.8 Å². The highest BCUT2D eigenvalue weighted by Crippen LogP contribution is 2.43. The van der Waals surface area contributed by atoms with Gasteiger partial charge in [-0.25, -0.2) is 0 Å². The van der Waals surface area contributed by atoms with Gasteiger partial charge in [0, 0.05) is 13.1 Å². The van der Waals surface area contributed by atoms with Crippen LogP contribution in [-0.2, 0) is 0 Å². The molecule has 2 N–H and O–H groups in total. The second-order valence-corrected chi connectivity index (χ2v) is 3.06. The lowest BCUT2D eigenvalue weighted by Crippen LogP contribution is -2.29. The molecule has 0 radical (unpaired) electrons. The normalized spacial score (nSPS) is 22.0. The number of hydrogen-bond donors (Lipinski definition) is 2. The second kappa shape index (κ2) is 2.67. The molecule has 0 unspecified atom stereocenters. The van der Waals surface area contributed by atoms with Crippen molar-refractivity contribution in [1.82, 2.24) is 10.6 Å². The van der Waals surface area contributed by atoms with Crippen molar-refractivity contribution in [3.05, 3.63) is 0 Å². The molecule has 54 valence electrons. The summed E-state index contributed by atoms with van der Waals surface area (Å²) in [7, 11) is 4.05. The fourth-order valence-corrected chi connectivity index (χ4v) is 1.34. The van der Waals surface area contributed by atoms with Gasteiger partial charge in [0.05, 0.1) is 0 Å². The van der Waals surface area contributed by atoms with Crippen LogP contribution in [0.15, 0.2) is 0 Å². The lowest BCUT2D eigenvalue weighted by molar-refractivity contribution is 0.458. The van der Waals surface area contributed by atoms with E-state index in [0.29, 0.717) is 5.41 Å². The van der Waals surface area contributed by atoms with Gasteiger partial charge in [0.2, 0.25) is 0 Å². The molecule has 0 amide bonds. The molecule has 0 spiro atoms. The molecule has 1 aliphatic rings. The van der Waals surface area contributed by atoms with Crippen molar-refractivity contribution < 1.29 is 0 Å². The molecule has 1 saturated carbocycles. The summed E-state index contributed by atoms with van der Waals surface area (Å²) < 4.78 is 0. The van der Waals surface area contributed by atoms with Gasteiger partial charge in [-0.15, -0.1) is 0 Å². The Morgan fingerprint density at radius 2 is 1.56 bits per heavy atom. The van der Waals surface area contributed by atoms with Gasteiger partial charge in [0.1, 0.15) is 0 Å². The van der Waals surface area contributed by atoms with Crippen molar-refractivity contribution in [3.8, 4) is 0 Å². The highest BCUT2D eigenvalue weighted by atomic mass is 14.9. The zero-order valence-electron chi connectivity index (χ0n) is 6.33. The Bertz CT molecular complexity index is 78.9. The van der Waals surface area contributed by atoms with Crippen molar-refractivity contribution in [2.45, 2.75) is 12.8 Å². The molecule has 0 aliphatic heterocycles. The first-order valence-corrected chi connectivity index (χ1v) is 3.62. The quantitative estimate of drug-likeness (QED) is 0.565. The van der Waals surface area contributed by atoms with Crippen LogP contribution >= 0.6 is 0 Å². The summed E-state index contributed by atoms with van der Waals surface area (Å²) in [5, 5.41) is 6.43. The van der Waals surface area contributed by atoms with E-state index >= 15 is 0 Å². The lowest BCUT2D eigenvalue weighted by Gasteiger charge is -2.12. The first-order chi connectivity index (χ1) is 4.33. The molecule has 1 rings (SSSR count). The molecule has 0 aromatic rings. The van der Waals surface area contributed by atoms with Crippen LogP contribution in [0.5, 0.6) is 0 Å². The molecule has 2 heteroatoms. The van der Waals surface area contributed by atoms with Gasteiger partial charge in [-0.1, -0.05) is 0 Å². The Labute approximate surface area is 57.0 Å². The van der Waals surface area contributed by atoms with Crippen LogP contribution in [0.2, 0.25) is 0 Å². The monoisotopic (exact) mass is 128 g/mol. The van der Waals surface area contributed by atoms with E-state index in [0.717, 1.165) is 0 Å². The molecule has 0 aromatic heterocycles. The number of hydrogen-bond acceptors (Lipinski definition) is 2. The molecular weight excluding hydrogens is 112 g/mol. The fraction of sp³-hybridized carbons (Fsp3) is 1.00.